The van der Waals surface area contributed by atoms with E-state index >= 15 is 0 Å². The molecule has 0 fully saturated rings. The first-order valence-electron chi connectivity index (χ1n) is 5.44. The first-order chi connectivity index (χ1) is 8.23. The molecular formula is C10H19N3O5. The van der Waals surface area contributed by atoms with Gasteiger partial charge in [0.25, 0.3) is 0 Å². The fourth-order valence-electron chi connectivity index (χ4n) is 1.14. The van der Waals surface area contributed by atoms with Crippen molar-refractivity contribution in [2.45, 2.75) is 31.9 Å². The molecule has 0 radical (unpaired) electrons. The van der Waals surface area contributed by atoms with E-state index in [1.165, 1.54) is 11.9 Å². The standard InChI is InChI=1S/C10H19N3O5/c1-6(14)3-4-13(2)10(18)12-7(9(16)17)5-8(11)15/h6-7,14H,3-5H2,1-2H3,(H2,11,15)(H,12,18)(H,16,17). The quantitative estimate of drug-likeness (QED) is 0.453. The molecule has 0 saturated heterocycles. The lowest BCUT2D eigenvalue weighted by Crippen LogP contribution is -2.48. The van der Waals surface area contributed by atoms with Gasteiger partial charge in [0.1, 0.15) is 6.04 Å². The predicted octanol–water partition coefficient (Wildman–Crippen LogP) is -1.27. The SMILES string of the molecule is CC(O)CCN(C)C(=O)NC(CC(N)=O)C(=O)O. The van der Waals surface area contributed by atoms with E-state index in [4.69, 9.17) is 15.9 Å². The van der Waals surface area contributed by atoms with Gasteiger partial charge in [-0.25, -0.2) is 9.59 Å². The molecule has 0 rings (SSSR count). The summed E-state index contributed by atoms with van der Waals surface area (Å²) >= 11 is 0. The third-order valence-corrected chi connectivity index (χ3v) is 2.23. The second kappa shape index (κ2) is 7.49. The summed E-state index contributed by atoms with van der Waals surface area (Å²) in [4.78, 5) is 34.2. The van der Waals surface area contributed by atoms with Crippen LogP contribution in [-0.2, 0) is 9.59 Å². The number of carbonyl (C=O) groups is 3. The Bertz CT molecular complexity index is 319. The summed E-state index contributed by atoms with van der Waals surface area (Å²) in [5.41, 5.74) is 4.88. The number of aliphatic carboxylic acids is 1. The number of nitrogens with zero attached hydrogens (tertiary/aromatic N) is 1. The fourth-order valence-corrected chi connectivity index (χ4v) is 1.14. The Morgan fingerprint density at radius 3 is 2.33 bits per heavy atom. The Hall–Kier alpha value is -1.83. The van der Waals surface area contributed by atoms with Gasteiger partial charge in [-0.1, -0.05) is 0 Å². The van der Waals surface area contributed by atoms with E-state index in [1.807, 2.05) is 0 Å². The number of nitrogens with two attached hydrogens (primary N) is 1. The van der Waals surface area contributed by atoms with Gasteiger partial charge in [0, 0.05) is 13.6 Å². The van der Waals surface area contributed by atoms with Gasteiger partial charge in [0.05, 0.1) is 12.5 Å². The summed E-state index contributed by atoms with van der Waals surface area (Å²) in [6.45, 7) is 1.85. The van der Waals surface area contributed by atoms with Crippen molar-refractivity contribution in [3.63, 3.8) is 0 Å². The number of carboxylic acids is 1. The molecule has 2 atom stereocenters. The number of primary amides is 1. The monoisotopic (exact) mass is 261 g/mol. The van der Waals surface area contributed by atoms with Gasteiger partial charge in [-0.3, -0.25) is 4.79 Å². The van der Waals surface area contributed by atoms with Crippen LogP contribution in [0.25, 0.3) is 0 Å². The Balaban J connectivity index is 4.32. The molecule has 0 heterocycles. The van der Waals surface area contributed by atoms with Crippen LogP contribution in [-0.4, -0.2) is 58.8 Å². The number of hydrogen-bond donors (Lipinski definition) is 4. The van der Waals surface area contributed by atoms with E-state index in [0.717, 1.165) is 0 Å². The highest BCUT2D eigenvalue weighted by Gasteiger charge is 2.23. The van der Waals surface area contributed by atoms with Gasteiger partial charge in [-0.15, -0.1) is 0 Å². The maximum absolute atomic E-state index is 11.6. The summed E-state index contributed by atoms with van der Waals surface area (Å²) in [6, 6.07) is -1.98. The van der Waals surface area contributed by atoms with E-state index in [1.54, 1.807) is 6.92 Å². The maximum atomic E-state index is 11.6. The first-order valence-corrected chi connectivity index (χ1v) is 5.44. The summed E-state index contributed by atoms with van der Waals surface area (Å²) in [7, 11) is 1.46. The van der Waals surface area contributed by atoms with Crippen LogP contribution in [0.4, 0.5) is 4.79 Å². The predicted molar refractivity (Wildman–Crippen MR) is 62.7 cm³/mol. The molecule has 0 aromatic heterocycles. The smallest absolute Gasteiger partial charge is 0.326 e. The van der Waals surface area contributed by atoms with Gasteiger partial charge in [0.15, 0.2) is 0 Å². The third kappa shape index (κ3) is 6.69. The van der Waals surface area contributed by atoms with Gasteiger partial charge in [-0.2, -0.15) is 0 Å². The number of hydrogen-bond acceptors (Lipinski definition) is 4. The zero-order valence-corrected chi connectivity index (χ0v) is 10.4. The third-order valence-electron chi connectivity index (χ3n) is 2.23. The highest BCUT2D eigenvalue weighted by atomic mass is 16.4. The Morgan fingerprint density at radius 1 is 1.39 bits per heavy atom. The van der Waals surface area contributed by atoms with Crippen molar-refractivity contribution in [3.05, 3.63) is 0 Å². The fraction of sp³-hybridized carbons (Fsp3) is 0.700. The largest absolute Gasteiger partial charge is 0.480 e. The molecule has 0 aliphatic heterocycles. The zero-order valence-electron chi connectivity index (χ0n) is 10.4. The molecule has 0 bridgehead atoms. The molecule has 8 nitrogen and oxygen atoms in total. The number of aliphatic hydroxyl groups excluding tert-OH is 1. The van der Waals surface area contributed by atoms with Gasteiger partial charge < -0.3 is 26.2 Å². The highest BCUT2D eigenvalue weighted by Crippen LogP contribution is 1.97. The first kappa shape index (κ1) is 16.2. The van der Waals surface area contributed by atoms with Crippen LogP contribution >= 0.6 is 0 Å². The van der Waals surface area contributed by atoms with Crippen molar-refractivity contribution >= 4 is 17.9 Å². The van der Waals surface area contributed by atoms with Crippen LogP contribution in [0.3, 0.4) is 0 Å². The van der Waals surface area contributed by atoms with E-state index in [0.29, 0.717) is 6.42 Å². The summed E-state index contributed by atoms with van der Waals surface area (Å²) in [6.07, 6.45) is -0.649. The lowest BCUT2D eigenvalue weighted by Gasteiger charge is -2.21. The molecule has 2 unspecified atom stereocenters. The Kier molecular flexibility index (Phi) is 6.73. The van der Waals surface area contributed by atoms with Gasteiger partial charge in [-0.05, 0) is 13.3 Å². The van der Waals surface area contributed by atoms with Crippen molar-refractivity contribution < 1.29 is 24.6 Å². The number of rotatable bonds is 7. The molecule has 0 spiro atoms. The lowest BCUT2D eigenvalue weighted by atomic mass is 10.2. The molecule has 5 N–H and O–H groups in total. The summed E-state index contributed by atoms with van der Waals surface area (Å²) in [5.74, 6) is -2.14. The molecule has 0 aromatic rings. The summed E-state index contributed by atoms with van der Waals surface area (Å²) < 4.78 is 0. The molecule has 104 valence electrons. The van der Waals surface area contributed by atoms with Crippen molar-refractivity contribution in [1.82, 2.24) is 10.2 Å². The number of amides is 3. The van der Waals surface area contributed by atoms with Crippen LogP contribution in [0.15, 0.2) is 0 Å². The molecule has 8 heteroatoms. The van der Waals surface area contributed by atoms with Crippen LogP contribution in [0, 0.1) is 0 Å². The number of urea groups is 1. The van der Waals surface area contributed by atoms with Crippen molar-refractivity contribution in [2.75, 3.05) is 13.6 Å². The molecule has 18 heavy (non-hydrogen) atoms. The van der Waals surface area contributed by atoms with E-state index in [9.17, 15) is 14.4 Å². The number of carbonyl (C=O) groups excluding carboxylic acids is 2. The minimum absolute atomic E-state index is 0.270. The van der Waals surface area contributed by atoms with Gasteiger partial charge in [0.2, 0.25) is 5.91 Å². The Labute approximate surface area is 105 Å². The number of carboxylic acid groups (broad SMARTS) is 1. The van der Waals surface area contributed by atoms with Crippen LogP contribution < -0.4 is 11.1 Å². The molecule has 0 saturated carbocycles. The Morgan fingerprint density at radius 2 is 1.94 bits per heavy atom. The van der Waals surface area contributed by atoms with E-state index < -0.39 is 36.5 Å². The average Bonchev–Trinajstić information content (AvgIpc) is 2.23. The van der Waals surface area contributed by atoms with Gasteiger partial charge >= 0.3 is 12.0 Å². The molecule has 0 aliphatic carbocycles. The van der Waals surface area contributed by atoms with Crippen molar-refractivity contribution in [1.29, 1.82) is 0 Å². The van der Waals surface area contributed by atoms with E-state index in [2.05, 4.69) is 5.32 Å². The lowest BCUT2D eigenvalue weighted by molar-refractivity contribution is -0.140. The normalized spacial score (nSPS) is 13.5. The second-order valence-corrected chi connectivity index (χ2v) is 4.07. The summed E-state index contributed by atoms with van der Waals surface area (Å²) in [5, 5.41) is 20.0. The van der Waals surface area contributed by atoms with Crippen molar-refractivity contribution in [3.8, 4) is 0 Å². The maximum Gasteiger partial charge on any atom is 0.326 e. The highest BCUT2D eigenvalue weighted by molar-refractivity contribution is 5.87. The number of aliphatic hydroxyl groups is 1. The van der Waals surface area contributed by atoms with Crippen LogP contribution in [0.1, 0.15) is 19.8 Å². The van der Waals surface area contributed by atoms with Crippen LogP contribution in [0.5, 0.6) is 0 Å². The van der Waals surface area contributed by atoms with Crippen molar-refractivity contribution in [2.24, 2.45) is 5.73 Å². The molecule has 0 aromatic carbocycles. The minimum Gasteiger partial charge on any atom is -0.480 e. The molecular weight excluding hydrogens is 242 g/mol. The topological polar surface area (TPSA) is 133 Å². The minimum atomic E-state index is -1.34. The van der Waals surface area contributed by atoms with E-state index in [-0.39, 0.29) is 6.54 Å². The average molecular weight is 261 g/mol. The second-order valence-electron chi connectivity index (χ2n) is 4.07. The molecule has 3 amide bonds. The van der Waals surface area contributed by atoms with Crippen LogP contribution in [0.2, 0.25) is 0 Å². The number of nitrogens with one attached hydrogen (secondary N) is 1. The molecule has 0 aliphatic rings. The zero-order chi connectivity index (χ0) is 14.3.